The number of H-pyrrole nitrogens is 1. The van der Waals surface area contributed by atoms with E-state index in [9.17, 15) is 14.4 Å². The molecule has 1 amide bonds. The number of nitrogens with zero attached hydrogens (tertiary/aromatic N) is 1. The van der Waals surface area contributed by atoms with Gasteiger partial charge in [0.25, 0.3) is 5.91 Å². The lowest BCUT2D eigenvalue weighted by atomic mass is 10.1. The molecule has 0 atom stereocenters. The second-order valence-electron chi connectivity index (χ2n) is 4.63. The number of esters is 1. The Balaban J connectivity index is 2.25. The molecule has 0 aliphatic rings. The fourth-order valence-corrected chi connectivity index (χ4v) is 1.99. The van der Waals surface area contributed by atoms with Gasteiger partial charge in [-0.15, -0.1) is 0 Å². The number of rotatable bonds is 4. The van der Waals surface area contributed by atoms with E-state index in [1.807, 2.05) is 6.07 Å². The van der Waals surface area contributed by atoms with Gasteiger partial charge in [0, 0.05) is 30.7 Å². The van der Waals surface area contributed by atoms with Crippen LogP contribution < -0.4 is 5.43 Å². The van der Waals surface area contributed by atoms with Crippen molar-refractivity contribution >= 4 is 22.8 Å². The van der Waals surface area contributed by atoms with Gasteiger partial charge in [0.1, 0.15) is 5.56 Å². The Morgan fingerprint density at radius 3 is 2.71 bits per heavy atom. The van der Waals surface area contributed by atoms with Gasteiger partial charge in [0.2, 0.25) is 5.43 Å². The van der Waals surface area contributed by atoms with E-state index >= 15 is 0 Å². The summed E-state index contributed by atoms with van der Waals surface area (Å²) in [4.78, 5) is 39.9. The molecule has 1 aromatic carbocycles. The molecule has 0 bridgehead atoms. The topological polar surface area (TPSA) is 79.5 Å². The van der Waals surface area contributed by atoms with E-state index in [4.69, 9.17) is 0 Å². The summed E-state index contributed by atoms with van der Waals surface area (Å²) in [6.45, 7) is 0.192. The predicted molar refractivity (Wildman–Crippen MR) is 78.2 cm³/mol. The first kappa shape index (κ1) is 14.8. The van der Waals surface area contributed by atoms with E-state index in [0.29, 0.717) is 10.9 Å². The average molecular weight is 288 g/mol. The van der Waals surface area contributed by atoms with Crippen molar-refractivity contribution in [3.8, 4) is 0 Å². The molecular weight excluding hydrogens is 272 g/mol. The minimum absolute atomic E-state index is 0.0565. The van der Waals surface area contributed by atoms with Gasteiger partial charge in [-0.25, -0.2) is 0 Å². The van der Waals surface area contributed by atoms with Crippen molar-refractivity contribution < 1.29 is 14.3 Å². The molecule has 0 saturated heterocycles. The zero-order valence-corrected chi connectivity index (χ0v) is 11.9. The summed E-state index contributed by atoms with van der Waals surface area (Å²) >= 11 is 0. The molecule has 0 aliphatic heterocycles. The first-order valence-corrected chi connectivity index (χ1v) is 6.47. The molecule has 1 aromatic heterocycles. The van der Waals surface area contributed by atoms with Crippen LogP contribution in [0.4, 0.5) is 0 Å². The van der Waals surface area contributed by atoms with Crippen LogP contribution in [0.5, 0.6) is 0 Å². The minimum Gasteiger partial charge on any atom is -0.469 e. The van der Waals surface area contributed by atoms with Crippen LogP contribution in [0.25, 0.3) is 10.9 Å². The lowest BCUT2D eigenvalue weighted by Crippen LogP contribution is -2.32. The highest BCUT2D eigenvalue weighted by atomic mass is 16.5. The third kappa shape index (κ3) is 3.10. The fourth-order valence-electron chi connectivity index (χ4n) is 1.99. The number of fused-ring (bicyclic) bond motifs is 1. The Morgan fingerprint density at radius 2 is 2.00 bits per heavy atom. The van der Waals surface area contributed by atoms with Crippen LogP contribution in [-0.4, -0.2) is 42.5 Å². The van der Waals surface area contributed by atoms with E-state index < -0.39 is 11.9 Å². The molecule has 0 saturated carbocycles. The van der Waals surface area contributed by atoms with Crippen LogP contribution in [0.2, 0.25) is 0 Å². The van der Waals surface area contributed by atoms with Crippen LogP contribution >= 0.6 is 0 Å². The van der Waals surface area contributed by atoms with Crippen molar-refractivity contribution in [2.24, 2.45) is 0 Å². The van der Waals surface area contributed by atoms with E-state index in [-0.39, 0.29) is 24.0 Å². The van der Waals surface area contributed by atoms with Crippen LogP contribution in [0.3, 0.4) is 0 Å². The molecule has 6 nitrogen and oxygen atoms in total. The molecule has 1 heterocycles. The number of aromatic nitrogens is 1. The summed E-state index contributed by atoms with van der Waals surface area (Å²) < 4.78 is 4.52. The number of amides is 1. The second kappa shape index (κ2) is 6.21. The van der Waals surface area contributed by atoms with Gasteiger partial charge < -0.3 is 14.6 Å². The fraction of sp³-hybridized carbons (Fsp3) is 0.267. The number of hydrogen-bond donors (Lipinski definition) is 1. The summed E-state index contributed by atoms with van der Waals surface area (Å²) in [5, 5.41) is 0.463. The number of nitrogens with one attached hydrogen (secondary N) is 1. The number of hydrogen-bond acceptors (Lipinski definition) is 4. The number of aromatic amines is 1. The predicted octanol–water partition coefficient (Wildman–Crippen LogP) is 1.16. The maximum atomic E-state index is 12.3. The number of benzene rings is 1. The molecule has 110 valence electrons. The Hall–Kier alpha value is -2.63. The Kier molecular flexibility index (Phi) is 4.37. The first-order valence-electron chi connectivity index (χ1n) is 6.47. The van der Waals surface area contributed by atoms with E-state index in [1.165, 1.54) is 18.2 Å². The minimum atomic E-state index is -0.425. The molecule has 21 heavy (non-hydrogen) atoms. The van der Waals surface area contributed by atoms with Crippen molar-refractivity contribution in [3.05, 3.63) is 46.2 Å². The highest BCUT2D eigenvalue weighted by Gasteiger charge is 2.17. The van der Waals surface area contributed by atoms with Gasteiger partial charge in [-0.3, -0.25) is 14.4 Å². The molecule has 1 N–H and O–H groups in total. The maximum Gasteiger partial charge on any atom is 0.307 e. The Labute approximate surface area is 121 Å². The van der Waals surface area contributed by atoms with Crippen molar-refractivity contribution in [1.29, 1.82) is 0 Å². The zero-order valence-electron chi connectivity index (χ0n) is 11.9. The lowest BCUT2D eigenvalue weighted by Gasteiger charge is -2.16. The molecule has 0 radical (unpaired) electrons. The first-order chi connectivity index (χ1) is 10.0. The number of methoxy groups -OCH3 is 1. The quantitative estimate of drug-likeness (QED) is 0.856. The van der Waals surface area contributed by atoms with Crippen LogP contribution in [-0.2, 0) is 9.53 Å². The summed E-state index contributed by atoms with van der Waals surface area (Å²) in [6, 6.07) is 6.99. The average Bonchev–Trinajstić information content (AvgIpc) is 2.52. The smallest absolute Gasteiger partial charge is 0.307 e. The normalized spacial score (nSPS) is 10.4. The summed E-state index contributed by atoms with van der Waals surface area (Å²) in [6.07, 6.45) is 1.49. The number of carbonyl (C=O) groups excluding carboxylic acids is 2. The molecule has 2 aromatic rings. The van der Waals surface area contributed by atoms with Crippen LogP contribution in [0.1, 0.15) is 16.8 Å². The molecular formula is C15H16N2O4. The van der Waals surface area contributed by atoms with Gasteiger partial charge in [0.15, 0.2) is 0 Å². The van der Waals surface area contributed by atoms with Crippen LogP contribution in [0, 0.1) is 0 Å². The van der Waals surface area contributed by atoms with Crippen molar-refractivity contribution in [2.45, 2.75) is 6.42 Å². The van der Waals surface area contributed by atoms with E-state index in [2.05, 4.69) is 9.72 Å². The molecule has 2 rings (SSSR count). The van der Waals surface area contributed by atoms with Gasteiger partial charge in [-0.05, 0) is 12.1 Å². The number of pyridine rings is 1. The van der Waals surface area contributed by atoms with Gasteiger partial charge >= 0.3 is 5.97 Å². The molecule has 0 fully saturated rings. The zero-order chi connectivity index (χ0) is 15.4. The van der Waals surface area contributed by atoms with Crippen molar-refractivity contribution in [2.75, 3.05) is 20.7 Å². The number of carbonyl (C=O) groups is 2. The van der Waals surface area contributed by atoms with Gasteiger partial charge in [0.05, 0.1) is 13.5 Å². The SMILES string of the molecule is COC(=O)CCN(C)C(=O)c1c[nH]c2ccccc2c1=O. The van der Waals surface area contributed by atoms with Gasteiger partial charge in [-0.2, -0.15) is 0 Å². The third-order valence-corrected chi connectivity index (χ3v) is 3.24. The highest BCUT2D eigenvalue weighted by molar-refractivity contribution is 5.97. The molecule has 0 unspecified atom stereocenters. The Morgan fingerprint density at radius 1 is 1.29 bits per heavy atom. The van der Waals surface area contributed by atoms with E-state index in [1.54, 1.807) is 25.2 Å². The summed E-state index contributed by atoms with van der Waals surface area (Å²) in [5.41, 5.74) is 0.414. The van der Waals surface area contributed by atoms with Crippen molar-refractivity contribution in [1.82, 2.24) is 9.88 Å². The maximum absolute atomic E-state index is 12.3. The monoisotopic (exact) mass is 288 g/mol. The largest absolute Gasteiger partial charge is 0.469 e. The van der Waals surface area contributed by atoms with E-state index in [0.717, 1.165) is 0 Å². The third-order valence-electron chi connectivity index (χ3n) is 3.24. The van der Waals surface area contributed by atoms with Crippen molar-refractivity contribution in [3.63, 3.8) is 0 Å². The Bertz CT molecular complexity index is 736. The van der Waals surface area contributed by atoms with Crippen LogP contribution in [0.15, 0.2) is 35.3 Å². The summed E-state index contributed by atoms with van der Waals surface area (Å²) in [7, 11) is 2.83. The number of para-hydroxylation sites is 1. The molecule has 0 spiro atoms. The van der Waals surface area contributed by atoms with Gasteiger partial charge in [-0.1, -0.05) is 12.1 Å². The molecule has 6 heteroatoms. The lowest BCUT2D eigenvalue weighted by molar-refractivity contribution is -0.140. The second-order valence-corrected chi connectivity index (χ2v) is 4.63. The number of ether oxygens (including phenoxy) is 1. The highest BCUT2D eigenvalue weighted by Crippen LogP contribution is 2.08. The standard InChI is InChI=1S/C15H16N2O4/c1-17(8-7-13(18)21-2)15(20)11-9-16-12-6-4-3-5-10(12)14(11)19/h3-6,9H,7-8H2,1-2H3,(H,16,19). The summed E-state index contributed by atoms with van der Waals surface area (Å²) in [5.74, 6) is -0.826. The molecule has 0 aliphatic carbocycles.